The van der Waals surface area contributed by atoms with Crippen molar-refractivity contribution in [1.29, 1.82) is 0 Å². The van der Waals surface area contributed by atoms with E-state index < -0.39 is 0 Å². The molecule has 1 rings (SSSR count). The summed E-state index contributed by atoms with van der Waals surface area (Å²) in [5, 5.41) is 2.48. The van der Waals surface area contributed by atoms with Gasteiger partial charge in [0.25, 0.3) is 0 Å². The summed E-state index contributed by atoms with van der Waals surface area (Å²) in [6, 6.07) is -0.212. The van der Waals surface area contributed by atoms with Gasteiger partial charge in [0.05, 0.1) is 6.20 Å². The number of urea groups is 1. The molecule has 0 spiro atoms. The first-order valence-corrected chi connectivity index (χ1v) is 3.47. The van der Waals surface area contributed by atoms with E-state index in [0.717, 1.165) is 0 Å². The van der Waals surface area contributed by atoms with Crippen molar-refractivity contribution >= 4 is 11.8 Å². The minimum absolute atomic E-state index is 0.212. The van der Waals surface area contributed by atoms with Gasteiger partial charge in [0, 0.05) is 26.5 Å². The van der Waals surface area contributed by atoms with Crippen molar-refractivity contribution in [3.8, 4) is 0 Å². The average molecular weight is 166 g/mol. The van der Waals surface area contributed by atoms with Gasteiger partial charge in [0.15, 0.2) is 5.82 Å². The van der Waals surface area contributed by atoms with Crippen molar-refractivity contribution < 1.29 is 4.79 Å². The zero-order valence-corrected chi connectivity index (χ0v) is 6.98. The SMILES string of the molecule is CNC(=O)N(C)c1cnccn1. The molecule has 0 saturated carbocycles. The van der Waals surface area contributed by atoms with Crippen molar-refractivity contribution in [2.24, 2.45) is 0 Å². The van der Waals surface area contributed by atoms with Crippen LogP contribution in [0.15, 0.2) is 18.6 Å². The third kappa shape index (κ3) is 1.69. The Morgan fingerprint density at radius 1 is 1.58 bits per heavy atom. The molecule has 0 radical (unpaired) electrons. The molecule has 2 amide bonds. The summed E-state index contributed by atoms with van der Waals surface area (Å²) in [4.78, 5) is 20.2. The van der Waals surface area contributed by atoms with Gasteiger partial charge in [-0.15, -0.1) is 0 Å². The van der Waals surface area contributed by atoms with Crippen LogP contribution in [0.5, 0.6) is 0 Å². The second kappa shape index (κ2) is 3.66. The first kappa shape index (κ1) is 8.45. The minimum Gasteiger partial charge on any atom is -0.341 e. The van der Waals surface area contributed by atoms with Crippen LogP contribution in [0.25, 0.3) is 0 Å². The van der Waals surface area contributed by atoms with E-state index in [9.17, 15) is 4.79 Å². The minimum atomic E-state index is -0.212. The molecule has 64 valence electrons. The topological polar surface area (TPSA) is 58.1 Å². The van der Waals surface area contributed by atoms with Gasteiger partial charge in [-0.05, 0) is 0 Å². The van der Waals surface area contributed by atoms with E-state index in [2.05, 4.69) is 15.3 Å². The molecular formula is C7H10N4O. The van der Waals surface area contributed by atoms with Crippen molar-refractivity contribution in [3.05, 3.63) is 18.6 Å². The van der Waals surface area contributed by atoms with E-state index in [1.54, 1.807) is 20.3 Å². The highest BCUT2D eigenvalue weighted by Gasteiger charge is 2.08. The van der Waals surface area contributed by atoms with Crippen molar-refractivity contribution in [1.82, 2.24) is 15.3 Å². The van der Waals surface area contributed by atoms with Crippen molar-refractivity contribution in [2.45, 2.75) is 0 Å². The van der Waals surface area contributed by atoms with Crippen LogP contribution >= 0.6 is 0 Å². The molecule has 12 heavy (non-hydrogen) atoms. The maximum Gasteiger partial charge on any atom is 0.322 e. The van der Waals surface area contributed by atoms with Gasteiger partial charge in [-0.2, -0.15) is 0 Å². The molecule has 1 aromatic heterocycles. The summed E-state index contributed by atoms with van der Waals surface area (Å²) in [5.41, 5.74) is 0. The fourth-order valence-corrected chi connectivity index (χ4v) is 0.736. The molecule has 0 aliphatic rings. The van der Waals surface area contributed by atoms with Crippen LogP contribution in [0.3, 0.4) is 0 Å². The maximum atomic E-state index is 11.1. The normalized spacial score (nSPS) is 9.17. The number of rotatable bonds is 1. The molecule has 5 heteroatoms. The molecule has 0 bridgehead atoms. The molecule has 0 unspecified atom stereocenters. The van der Waals surface area contributed by atoms with E-state index in [1.807, 2.05) is 0 Å². The summed E-state index contributed by atoms with van der Waals surface area (Å²) in [7, 11) is 3.19. The second-order valence-electron chi connectivity index (χ2n) is 2.18. The van der Waals surface area contributed by atoms with E-state index in [4.69, 9.17) is 0 Å². The van der Waals surface area contributed by atoms with Crippen LogP contribution in [-0.2, 0) is 0 Å². The Balaban J connectivity index is 2.78. The Labute approximate surface area is 70.4 Å². The second-order valence-corrected chi connectivity index (χ2v) is 2.18. The highest BCUT2D eigenvalue weighted by molar-refractivity contribution is 5.89. The maximum absolute atomic E-state index is 11.1. The van der Waals surface area contributed by atoms with Gasteiger partial charge in [-0.1, -0.05) is 0 Å². The van der Waals surface area contributed by atoms with Crippen LogP contribution in [0.1, 0.15) is 0 Å². The number of hydrogen-bond donors (Lipinski definition) is 1. The Hall–Kier alpha value is -1.65. The number of nitrogens with zero attached hydrogens (tertiary/aromatic N) is 3. The standard InChI is InChI=1S/C7H10N4O/c1-8-7(12)11(2)6-5-9-3-4-10-6/h3-5H,1-2H3,(H,8,12). The molecule has 0 aliphatic heterocycles. The Bertz CT molecular complexity index is 261. The lowest BCUT2D eigenvalue weighted by Crippen LogP contribution is -2.35. The van der Waals surface area contributed by atoms with Crippen LogP contribution in [0.4, 0.5) is 10.6 Å². The predicted octanol–water partition coefficient (Wildman–Crippen LogP) is 0.252. The summed E-state index contributed by atoms with van der Waals surface area (Å²) in [5.74, 6) is 0.525. The number of amides is 2. The Kier molecular flexibility index (Phi) is 2.57. The molecule has 1 heterocycles. The first-order valence-electron chi connectivity index (χ1n) is 3.47. The first-order chi connectivity index (χ1) is 5.75. The third-order valence-corrected chi connectivity index (χ3v) is 1.41. The lowest BCUT2D eigenvalue weighted by atomic mass is 10.6. The van der Waals surface area contributed by atoms with Gasteiger partial charge >= 0.3 is 6.03 Å². The largest absolute Gasteiger partial charge is 0.341 e. The fourth-order valence-electron chi connectivity index (χ4n) is 0.736. The van der Waals surface area contributed by atoms with E-state index in [-0.39, 0.29) is 6.03 Å². The van der Waals surface area contributed by atoms with E-state index >= 15 is 0 Å². The molecule has 5 nitrogen and oxygen atoms in total. The Morgan fingerprint density at radius 3 is 2.83 bits per heavy atom. The molecule has 0 atom stereocenters. The predicted molar refractivity (Wildman–Crippen MR) is 44.9 cm³/mol. The number of anilines is 1. The molecule has 1 N–H and O–H groups in total. The van der Waals surface area contributed by atoms with Crippen LogP contribution in [0, 0.1) is 0 Å². The highest BCUT2D eigenvalue weighted by atomic mass is 16.2. The number of carbonyl (C=O) groups excluding carboxylic acids is 1. The number of aromatic nitrogens is 2. The van der Waals surface area contributed by atoms with Gasteiger partial charge in [-0.25, -0.2) is 9.78 Å². The quantitative estimate of drug-likeness (QED) is 0.650. The smallest absolute Gasteiger partial charge is 0.322 e. The average Bonchev–Trinajstić information content (AvgIpc) is 2.17. The van der Waals surface area contributed by atoms with E-state index in [1.165, 1.54) is 17.3 Å². The van der Waals surface area contributed by atoms with Crippen molar-refractivity contribution in [3.63, 3.8) is 0 Å². The molecule has 0 saturated heterocycles. The van der Waals surface area contributed by atoms with Crippen molar-refractivity contribution in [2.75, 3.05) is 19.0 Å². The Morgan fingerprint density at radius 2 is 2.33 bits per heavy atom. The number of carbonyl (C=O) groups is 1. The van der Waals surface area contributed by atoms with Crippen LogP contribution in [-0.4, -0.2) is 30.1 Å². The zero-order chi connectivity index (χ0) is 8.97. The van der Waals surface area contributed by atoms with Gasteiger partial charge < -0.3 is 5.32 Å². The molecule has 0 fully saturated rings. The fraction of sp³-hybridized carbons (Fsp3) is 0.286. The van der Waals surface area contributed by atoms with Crippen LogP contribution < -0.4 is 10.2 Å². The molecular weight excluding hydrogens is 156 g/mol. The molecule has 0 aromatic carbocycles. The number of nitrogens with one attached hydrogen (secondary N) is 1. The summed E-state index contributed by atoms with van der Waals surface area (Å²) >= 11 is 0. The van der Waals surface area contributed by atoms with Gasteiger partial charge in [0.1, 0.15) is 0 Å². The lowest BCUT2D eigenvalue weighted by Gasteiger charge is -2.13. The summed E-state index contributed by atoms with van der Waals surface area (Å²) in [6.45, 7) is 0. The third-order valence-electron chi connectivity index (χ3n) is 1.41. The highest BCUT2D eigenvalue weighted by Crippen LogP contribution is 2.03. The van der Waals surface area contributed by atoms with Gasteiger partial charge in [-0.3, -0.25) is 9.88 Å². The lowest BCUT2D eigenvalue weighted by molar-refractivity contribution is 0.249. The monoisotopic (exact) mass is 166 g/mol. The van der Waals surface area contributed by atoms with Gasteiger partial charge in [0.2, 0.25) is 0 Å². The number of hydrogen-bond acceptors (Lipinski definition) is 3. The summed E-state index contributed by atoms with van der Waals surface area (Å²) in [6.07, 6.45) is 4.62. The van der Waals surface area contributed by atoms with E-state index in [0.29, 0.717) is 5.82 Å². The molecule has 1 aromatic rings. The zero-order valence-electron chi connectivity index (χ0n) is 6.98. The summed E-state index contributed by atoms with van der Waals surface area (Å²) < 4.78 is 0. The molecule has 0 aliphatic carbocycles. The van der Waals surface area contributed by atoms with Crippen LogP contribution in [0.2, 0.25) is 0 Å².